The second kappa shape index (κ2) is 21.0. The topological polar surface area (TPSA) is 190 Å². The Labute approximate surface area is 342 Å². The minimum Gasteiger partial charge on any atom is -0.481 e. The van der Waals surface area contributed by atoms with E-state index in [9.17, 15) is 19.2 Å². The Balaban J connectivity index is 0.000000181. The predicted molar refractivity (Wildman–Crippen MR) is 228 cm³/mol. The fraction of sp³-hybridized carbons (Fsp3) is 0.349. The molecule has 2 aromatic carbocycles. The number of halogens is 1. The van der Waals surface area contributed by atoms with Crippen LogP contribution in [0.25, 0.3) is 21.8 Å². The van der Waals surface area contributed by atoms with Gasteiger partial charge in [0.25, 0.3) is 11.1 Å². The number of hydrogen-bond acceptors (Lipinski definition) is 10. The maximum Gasteiger partial charge on any atom is 0.303 e. The van der Waals surface area contributed by atoms with Crippen molar-refractivity contribution in [3.05, 3.63) is 134 Å². The number of piperidine rings is 1. The molecule has 6 heterocycles. The van der Waals surface area contributed by atoms with Crippen LogP contribution in [-0.2, 0) is 22.4 Å². The number of rotatable bonds is 8. The monoisotopic (exact) mass is 807 g/mol. The second-order valence-corrected chi connectivity index (χ2v) is 14.3. The van der Waals surface area contributed by atoms with Crippen LogP contribution in [0.5, 0.6) is 0 Å². The molecule has 304 valence electrons. The van der Waals surface area contributed by atoms with Crippen LogP contribution in [-0.4, -0.2) is 91.1 Å². The zero-order valence-electron chi connectivity index (χ0n) is 32.8. The number of anilines is 1. The Kier molecular flexibility index (Phi) is 15.6. The highest BCUT2D eigenvalue weighted by molar-refractivity contribution is 5.85. The van der Waals surface area contributed by atoms with Gasteiger partial charge in [-0.15, -0.1) is 12.4 Å². The summed E-state index contributed by atoms with van der Waals surface area (Å²) >= 11 is 0. The zero-order valence-corrected chi connectivity index (χ0v) is 33.6. The number of aliphatic carboxylic acids is 1. The first-order valence-corrected chi connectivity index (χ1v) is 19.4. The van der Waals surface area contributed by atoms with Crippen molar-refractivity contribution < 1.29 is 14.7 Å². The van der Waals surface area contributed by atoms with Crippen LogP contribution in [0.2, 0.25) is 0 Å². The number of carboxylic acids is 1. The molecule has 2 aliphatic rings. The maximum absolute atomic E-state index is 12.6. The molecule has 58 heavy (non-hydrogen) atoms. The molecule has 8 rings (SSSR count). The van der Waals surface area contributed by atoms with Gasteiger partial charge in [-0.1, -0.05) is 36.4 Å². The van der Waals surface area contributed by atoms with Gasteiger partial charge in [-0.2, -0.15) is 0 Å². The summed E-state index contributed by atoms with van der Waals surface area (Å²) < 4.78 is 0. The summed E-state index contributed by atoms with van der Waals surface area (Å²) in [5.74, 6) is 1.78. The van der Waals surface area contributed by atoms with E-state index in [2.05, 4.69) is 65.2 Å². The van der Waals surface area contributed by atoms with Gasteiger partial charge in [-0.05, 0) is 87.3 Å². The van der Waals surface area contributed by atoms with E-state index in [1.165, 1.54) is 24.1 Å². The van der Waals surface area contributed by atoms with Crippen LogP contribution in [0.3, 0.4) is 0 Å². The summed E-state index contributed by atoms with van der Waals surface area (Å²) in [6, 6.07) is 22.6. The van der Waals surface area contributed by atoms with Crippen LogP contribution >= 0.6 is 12.4 Å². The van der Waals surface area contributed by atoms with E-state index in [1.807, 2.05) is 48.5 Å². The molecule has 15 heteroatoms. The third-order valence-electron chi connectivity index (χ3n) is 10.0. The number of carbonyl (C=O) groups excluding carboxylic acids is 1. The van der Waals surface area contributed by atoms with Gasteiger partial charge in [0.1, 0.15) is 17.5 Å². The van der Waals surface area contributed by atoms with Crippen molar-refractivity contribution >= 4 is 51.9 Å². The SMILES string of the molecule is Cc1ccc(C2CCNCC2)nc1.Cc1ccc(N2CCN(C(=O)CCc3nc4ccccc4c(=O)[nH]3)CC2)nc1.Cl.O=C(O)CCc1nc2ccccc2c(=O)[nH]1. The van der Waals surface area contributed by atoms with Crippen LogP contribution < -0.4 is 21.3 Å². The number of amides is 1. The fourth-order valence-corrected chi connectivity index (χ4v) is 6.79. The first-order chi connectivity index (χ1) is 27.6. The number of carboxylic acid groups (broad SMARTS) is 1. The summed E-state index contributed by atoms with van der Waals surface area (Å²) in [6.45, 7) is 9.27. The van der Waals surface area contributed by atoms with Crippen molar-refractivity contribution in [1.29, 1.82) is 0 Å². The standard InChI is InChI=1S/C21H23N5O2.C11H10N2O3.C11H16N2.ClH/c1-15-6-8-19(22-14-15)25-10-12-26(13-11-25)20(27)9-7-18-23-17-5-3-2-4-16(17)21(28)24-18;14-10(15)6-5-9-12-8-4-2-1-3-7(8)11(16)13-9;1-9-2-3-11(13-8-9)10-4-6-12-7-5-10;/h2-6,8,14H,7,9-13H2,1H3,(H,23,24,28);1-4H,5-6H2,(H,14,15)(H,12,13,16);2-3,8,10,12H,4-7H2,1H3;1H. The van der Waals surface area contributed by atoms with E-state index in [0.717, 1.165) is 37.6 Å². The average Bonchev–Trinajstić information content (AvgIpc) is 3.23. The molecule has 0 spiro atoms. The van der Waals surface area contributed by atoms with Crippen LogP contribution in [0.4, 0.5) is 5.82 Å². The number of aromatic nitrogens is 6. The van der Waals surface area contributed by atoms with Crippen LogP contribution in [0.1, 0.15) is 60.1 Å². The molecule has 0 atom stereocenters. The lowest BCUT2D eigenvalue weighted by Crippen LogP contribution is -2.49. The predicted octanol–water partition coefficient (Wildman–Crippen LogP) is 5.13. The lowest BCUT2D eigenvalue weighted by atomic mass is 9.94. The molecule has 2 saturated heterocycles. The Hall–Kier alpha value is -5.99. The van der Waals surface area contributed by atoms with E-state index in [1.54, 1.807) is 30.3 Å². The zero-order chi connectivity index (χ0) is 40.1. The highest BCUT2D eigenvalue weighted by Crippen LogP contribution is 2.23. The van der Waals surface area contributed by atoms with Crippen molar-refractivity contribution in [2.24, 2.45) is 0 Å². The van der Waals surface area contributed by atoms with Gasteiger partial charge < -0.3 is 30.2 Å². The Morgan fingerprint density at radius 2 is 1.24 bits per heavy atom. The average molecular weight is 808 g/mol. The van der Waals surface area contributed by atoms with Crippen molar-refractivity contribution in [3.8, 4) is 0 Å². The van der Waals surface area contributed by atoms with Gasteiger partial charge in [0.05, 0.1) is 28.2 Å². The van der Waals surface area contributed by atoms with Crippen molar-refractivity contribution in [3.63, 3.8) is 0 Å². The van der Waals surface area contributed by atoms with Crippen molar-refractivity contribution in [2.75, 3.05) is 44.2 Å². The van der Waals surface area contributed by atoms with Gasteiger partial charge in [-0.3, -0.25) is 24.2 Å². The third kappa shape index (κ3) is 12.0. The van der Waals surface area contributed by atoms with E-state index in [0.29, 0.717) is 65.3 Å². The maximum atomic E-state index is 12.6. The minimum absolute atomic E-state index is 0. The van der Waals surface area contributed by atoms with Crippen LogP contribution in [0.15, 0.2) is 94.8 Å². The molecular formula is C43H50ClN9O5. The van der Waals surface area contributed by atoms with Gasteiger partial charge >= 0.3 is 5.97 Å². The summed E-state index contributed by atoms with van der Waals surface area (Å²) in [6.07, 6.45) is 7.26. The Morgan fingerprint density at radius 3 is 1.76 bits per heavy atom. The number of pyridine rings is 2. The minimum atomic E-state index is -0.907. The molecule has 4 N–H and O–H groups in total. The molecule has 4 aromatic heterocycles. The number of fused-ring (bicyclic) bond motifs is 2. The van der Waals surface area contributed by atoms with Gasteiger partial charge in [0.2, 0.25) is 5.91 Å². The van der Waals surface area contributed by atoms with E-state index < -0.39 is 5.97 Å². The first kappa shape index (κ1) is 43.1. The van der Waals surface area contributed by atoms with Crippen molar-refractivity contribution in [2.45, 2.75) is 58.3 Å². The van der Waals surface area contributed by atoms with E-state index >= 15 is 0 Å². The molecule has 2 aliphatic heterocycles. The number of nitrogens with zero attached hydrogens (tertiary/aromatic N) is 6. The molecule has 6 aromatic rings. The normalized spacial score (nSPS) is 14.1. The molecular weight excluding hydrogens is 758 g/mol. The number of hydrogen-bond donors (Lipinski definition) is 4. The number of aromatic amines is 2. The van der Waals surface area contributed by atoms with Crippen LogP contribution in [0, 0.1) is 13.8 Å². The quantitative estimate of drug-likeness (QED) is 0.160. The first-order valence-electron chi connectivity index (χ1n) is 19.4. The lowest BCUT2D eigenvalue weighted by molar-refractivity contribution is -0.137. The smallest absolute Gasteiger partial charge is 0.303 e. The number of nitrogens with one attached hydrogen (secondary N) is 3. The molecule has 0 aliphatic carbocycles. The number of carbonyl (C=O) groups is 2. The number of para-hydroxylation sites is 2. The molecule has 0 bridgehead atoms. The summed E-state index contributed by atoms with van der Waals surface area (Å²) in [5.41, 5.74) is 4.51. The number of aryl methyl sites for hydroxylation is 4. The highest BCUT2D eigenvalue weighted by Gasteiger charge is 2.22. The van der Waals surface area contributed by atoms with Crippen molar-refractivity contribution in [1.82, 2.24) is 40.1 Å². The summed E-state index contributed by atoms with van der Waals surface area (Å²) in [4.78, 5) is 73.8. The molecule has 0 unspecified atom stereocenters. The Bertz CT molecular complexity index is 2390. The molecule has 14 nitrogen and oxygen atoms in total. The third-order valence-corrected chi connectivity index (χ3v) is 10.0. The molecule has 0 saturated carbocycles. The Morgan fingerprint density at radius 1 is 0.707 bits per heavy atom. The van der Waals surface area contributed by atoms with E-state index in [4.69, 9.17) is 5.11 Å². The summed E-state index contributed by atoms with van der Waals surface area (Å²) in [7, 11) is 0. The van der Waals surface area contributed by atoms with Gasteiger partial charge in [-0.25, -0.2) is 15.0 Å². The number of H-pyrrole nitrogens is 2. The summed E-state index contributed by atoms with van der Waals surface area (Å²) in [5, 5.41) is 13.0. The molecule has 2 fully saturated rings. The second-order valence-electron chi connectivity index (χ2n) is 14.3. The molecule has 0 radical (unpaired) electrons. The van der Waals surface area contributed by atoms with Gasteiger partial charge in [0, 0.05) is 69.4 Å². The lowest BCUT2D eigenvalue weighted by Gasteiger charge is -2.35. The fourth-order valence-electron chi connectivity index (χ4n) is 6.79. The highest BCUT2D eigenvalue weighted by atomic mass is 35.5. The molecule has 1 amide bonds. The van der Waals surface area contributed by atoms with Gasteiger partial charge in [0.15, 0.2) is 0 Å². The largest absolute Gasteiger partial charge is 0.481 e. The number of piperazine rings is 1. The number of benzene rings is 2. The van der Waals surface area contributed by atoms with E-state index in [-0.39, 0.29) is 42.3 Å².